The van der Waals surface area contributed by atoms with Gasteiger partial charge in [-0.1, -0.05) is 6.07 Å². The van der Waals surface area contributed by atoms with Crippen LogP contribution in [0.2, 0.25) is 0 Å². The molecule has 88 valence electrons. The molecule has 17 heavy (non-hydrogen) atoms. The van der Waals surface area contributed by atoms with E-state index in [1.54, 1.807) is 11.3 Å². The van der Waals surface area contributed by atoms with E-state index in [0.717, 1.165) is 23.8 Å². The van der Waals surface area contributed by atoms with Crippen molar-refractivity contribution in [3.05, 3.63) is 35.5 Å². The topological polar surface area (TPSA) is 37.8 Å². The third kappa shape index (κ3) is 2.37. The maximum atomic E-state index is 4.71. The van der Waals surface area contributed by atoms with E-state index >= 15 is 0 Å². The summed E-state index contributed by atoms with van der Waals surface area (Å²) in [6.07, 6.45) is 4.25. The summed E-state index contributed by atoms with van der Waals surface area (Å²) in [6.45, 7) is 2.20. The van der Waals surface area contributed by atoms with Crippen LogP contribution in [0.5, 0.6) is 0 Å². The first-order valence-corrected chi connectivity index (χ1v) is 6.89. The van der Waals surface area contributed by atoms with Gasteiger partial charge in [0.15, 0.2) is 5.82 Å². The number of rotatable bonds is 2. The predicted octanol–water partition coefficient (Wildman–Crippen LogP) is 2.67. The molecule has 1 aliphatic rings. The number of aromatic nitrogens is 2. The predicted molar refractivity (Wildman–Crippen MR) is 70.2 cm³/mol. The Morgan fingerprint density at radius 1 is 1.24 bits per heavy atom. The molecule has 1 aliphatic heterocycles. The Bertz CT molecular complexity index is 475. The van der Waals surface area contributed by atoms with Gasteiger partial charge in [-0.25, -0.2) is 9.97 Å². The highest BCUT2D eigenvalue weighted by Gasteiger charge is 2.17. The SMILES string of the molecule is c1csc(-c2nccc(C3CCNCC3)n2)c1. The molecular formula is C13H15N3S. The highest BCUT2D eigenvalue weighted by molar-refractivity contribution is 7.13. The van der Waals surface area contributed by atoms with E-state index in [4.69, 9.17) is 4.98 Å². The normalized spacial score (nSPS) is 17.2. The quantitative estimate of drug-likeness (QED) is 0.884. The van der Waals surface area contributed by atoms with Gasteiger partial charge in [-0.3, -0.25) is 0 Å². The van der Waals surface area contributed by atoms with Gasteiger partial charge < -0.3 is 5.32 Å². The van der Waals surface area contributed by atoms with E-state index in [9.17, 15) is 0 Å². The standard InChI is InChI=1S/C13H15N3S/c1-2-12(17-9-1)13-15-8-5-11(16-13)10-3-6-14-7-4-10/h1-2,5,8-10,14H,3-4,6-7H2. The molecule has 0 saturated carbocycles. The molecule has 0 bridgehead atoms. The minimum Gasteiger partial charge on any atom is -0.317 e. The number of thiophene rings is 1. The van der Waals surface area contributed by atoms with E-state index < -0.39 is 0 Å². The van der Waals surface area contributed by atoms with Crippen molar-refractivity contribution in [2.75, 3.05) is 13.1 Å². The Morgan fingerprint density at radius 3 is 2.88 bits per heavy atom. The van der Waals surface area contributed by atoms with Gasteiger partial charge in [-0.2, -0.15) is 0 Å². The fourth-order valence-electron chi connectivity index (χ4n) is 2.24. The van der Waals surface area contributed by atoms with E-state index in [1.807, 2.05) is 12.3 Å². The third-order valence-electron chi connectivity index (χ3n) is 3.18. The zero-order chi connectivity index (χ0) is 11.5. The molecule has 4 heteroatoms. The van der Waals surface area contributed by atoms with Crippen LogP contribution in [0.25, 0.3) is 10.7 Å². The average Bonchev–Trinajstić information content (AvgIpc) is 2.94. The van der Waals surface area contributed by atoms with Crippen LogP contribution in [0.1, 0.15) is 24.5 Å². The Kier molecular flexibility index (Phi) is 3.16. The smallest absolute Gasteiger partial charge is 0.169 e. The molecule has 0 aromatic carbocycles. The average molecular weight is 245 g/mol. The van der Waals surface area contributed by atoms with Crippen LogP contribution >= 0.6 is 11.3 Å². The van der Waals surface area contributed by atoms with Crippen LogP contribution in [0, 0.1) is 0 Å². The molecule has 0 amide bonds. The maximum absolute atomic E-state index is 4.71. The highest BCUT2D eigenvalue weighted by Crippen LogP contribution is 2.26. The fraction of sp³-hybridized carbons (Fsp3) is 0.385. The van der Waals surface area contributed by atoms with Crippen molar-refractivity contribution >= 4 is 11.3 Å². The Balaban J connectivity index is 1.88. The Hall–Kier alpha value is -1.26. The molecule has 0 unspecified atom stereocenters. The minimum absolute atomic E-state index is 0.595. The molecule has 1 fully saturated rings. The van der Waals surface area contributed by atoms with Crippen molar-refractivity contribution in [3.8, 4) is 10.7 Å². The van der Waals surface area contributed by atoms with Crippen LogP contribution in [-0.2, 0) is 0 Å². The second-order valence-electron chi connectivity index (χ2n) is 4.31. The van der Waals surface area contributed by atoms with Crippen LogP contribution in [-0.4, -0.2) is 23.1 Å². The summed E-state index contributed by atoms with van der Waals surface area (Å²) in [6, 6.07) is 6.18. The van der Waals surface area contributed by atoms with Crippen LogP contribution in [0.4, 0.5) is 0 Å². The molecule has 0 aliphatic carbocycles. The number of nitrogens with zero attached hydrogens (tertiary/aromatic N) is 2. The van der Waals surface area contributed by atoms with E-state index in [2.05, 4.69) is 27.8 Å². The summed E-state index contributed by atoms with van der Waals surface area (Å²) in [4.78, 5) is 10.2. The summed E-state index contributed by atoms with van der Waals surface area (Å²) in [5.41, 5.74) is 1.20. The maximum Gasteiger partial charge on any atom is 0.169 e. The van der Waals surface area contributed by atoms with Gasteiger partial charge in [-0.05, 0) is 43.4 Å². The Labute approximate surface area is 105 Å². The van der Waals surface area contributed by atoms with E-state index in [0.29, 0.717) is 5.92 Å². The lowest BCUT2D eigenvalue weighted by Gasteiger charge is -2.22. The second-order valence-corrected chi connectivity index (χ2v) is 5.25. The molecule has 2 aromatic rings. The molecule has 3 nitrogen and oxygen atoms in total. The molecule has 0 atom stereocenters. The summed E-state index contributed by atoms with van der Waals surface area (Å²) in [7, 11) is 0. The summed E-state index contributed by atoms with van der Waals surface area (Å²) < 4.78 is 0. The van der Waals surface area contributed by atoms with Gasteiger partial charge in [0, 0.05) is 17.8 Å². The molecule has 0 spiro atoms. The molecule has 3 heterocycles. The Morgan fingerprint density at radius 2 is 2.12 bits per heavy atom. The summed E-state index contributed by atoms with van der Waals surface area (Å²) in [5, 5.41) is 5.45. The van der Waals surface area contributed by atoms with Crippen molar-refractivity contribution in [3.63, 3.8) is 0 Å². The fourth-order valence-corrected chi connectivity index (χ4v) is 2.91. The van der Waals surface area contributed by atoms with Crippen LogP contribution < -0.4 is 5.32 Å². The van der Waals surface area contributed by atoms with E-state index in [1.165, 1.54) is 18.5 Å². The number of nitrogens with one attached hydrogen (secondary N) is 1. The van der Waals surface area contributed by atoms with Crippen molar-refractivity contribution < 1.29 is 0 Å². The van der Waals surface area contributed by atoms with Crippen molar-refractivity contribution in [2.45, 2.75) is 18.8 Å². The summed E-state index contributed by atoms with van der Waals surface area (Å²) >= 11 is 1.69. The van der Waals surface area contributed by atoms with Crippen molar-refractivity contribution in [2.24, 2.45) is 0 Å². The van der Waals surface area contributed by atoms with Crippen LogP contribution in [0.15, 0.2) is 29.8 Å². The van der Waals surface area contributed by atoms with Gasteiger partial charge >= 0.3 is 0 Å². The molecular weight excluding hydrogens is 230 g/mol. The van der Waals surface area contributed by atoms with Crippen molar-refractivity contribution in [1.82, 2.24) is 15.3 Å². The first-order chi connectivity index (χ1) is 8.43. The lowest BCUT2D eigenvalue weighted by Crippen LogP contribution is -2.27. The second kappa shape index (κ2) is 4.94. The zero-order valence-corrected chi connectivity index (χ0v) is 10.4. The van der Waals surface area contributed by atoms with Gasteiger partial charge in [-0.15, -0.1) is 11.3 Å². The molecule has 1 saturated heterocycles. The van der Waals surface area contributed by atoms with Gasteiger partial charge in [0.05, 0.1) is 4.88 Å². The van der Waals surface area contributed by atoms with E-state index in [-0.39, 0.29) is 0 Å². The number of piperidine rings is 1. The van der Waals surface area contributed by atoms with Crippen LogP contribution in [0.3, 0.4) is 0 Å². The molecule has 3 rings (SSSR count). The molecule has 1 N–H and O–H groups in total. The monoisotopic (exact) mass is 245 g/mol. The van der Waals surface area contributed by atoms with Gasteiger partial charge in [0.1, 0.15) is 0 Å². The van der Waals surface area contributed by atoms with Gasteiger partial charge in [0.2, 0.25) is 0 Å². The van der Waals surface area contributed by atoms with Crippen molar-refractivity contribution in [1.29, 1.82) is 0 Å². The highest BCUT2D eigenvalue weighted by atomic mass is 32.1. The molecule has 0 radical (unpaired) electrons. The minimum atomic E-state index is 0.595. The first-order valence-electron chi connectivity index (χ1n) is 6.01. The number of hydrogen-bond donors (Lipinski definition) is 1. The zero-order valence-electron chi connectivity index (χ0n) is 9.60. The largest absolute Gasteiger partial charge is 0.317 e. The lowest BCUT2D eigenvalue weighted by atomic mass is 9.94. The lowest BCUT2D eigenvalue weighted by molar-refractivity contribution is 0.453. The van der Waals surface area contributed by atoms with Gasteiger partial charge in [0.25, 0.3) is 0 Å². The first kappa shape index (κ1) is 10.9. The molecule has 2 aromatic heterocycles. The summed E-state index contributed by atoms with van der Waals surface area (Å²) in [5.74, 6) is 1.47. The number of hydrogen-bond acceptors (Lipinski definition) is 4. The third-order valence-corrected chi connectivity index (χ3v) is 4.04.